The van der Waals surface area contributed by atoms with Gasteiger partial charge in [0.25, 0.3) is 0 Å². The minimum atomic E-state index is -4.96. The molecule has 0 amide bonds. The Morgan fingerprint density at radius 2 is 1.46 bits per heavy atom. The Labute approximate surface area is 146 Å². The number of hydrogen-bond acceptors (Lipinski definition) is 2. The second-order valence-electron chi connectivity index (χ2n) is 6.68. The number of guanidine groups is 1. The van der Waals surface area contributed by atoms with Crippen molar-refractivity contribution in [3.05, 3.63) is 29.3 Å². The fourth-order valence-electron chi connectivity index (χ4n) is 1.70. The van der Waals surface area contributed by atoms with E-state index in [1.807, 2.05) is 20.8 Å². The van der Waals surface area contributed by atoms with Crippen molar-refractivity contribution in [3.63, 3.8) is 0 Å². The number of benzene rings is 1. The topological polar surface area (TPSA) is 60.2 Å². The minimum Gasteiger partial charge on any atom is -0.325 e. The standard InChI is InChI=1S/C16H18F6N4/c1-9(14(2,3)4)25-13(24-8-23)26-12-6-10(15(17,18)19)5-11(7-12)16(20,21)22/h5-7,9H,1-4H3,(H2,24,25,26)/t9-/m1/s1. The van der Waals surface area contributed by atoms with E-state index in [-0.39, 0.29) is 23.5 Å². The molecular weight excluding hydrogens is 362 g/mol. The van der Waals surface area contributed by atoms with Gasteiger partial charge in [0.2, 0.25) is 5.96 Å². The summed E-state index contributed by atoms with van der Waals surface area (Å²) in [6.07, 6.45) is -8.38. The van der Waals surface area contributed by atoms with Gasteiger partial charge >= 0.3 is 12.4 Å². The first-order chi connectivity index (χ1) is 11.6. The summed E-state index contributed by atoms with van der Waals surface area (Å²) in [6, 6.07) is 0.688. The number of anilines is 1. The number of alkyl halides is 6. The van der Waals surface area contributed by atoms with Gasteiger partial charge in [0.05, 0.1) is 17.2 Å². The van der Waals surface area contributed by atoms with E-state index >= 15 is 0 Å². The smallest absolute Gasteiger partial charge is 0.325 e. The zero-order valence-corrected chi connectivity index (χ0v) is 14.5. The van der Waals surface area contributed by atoms with Gasteiger partial charge in [-0.25, -0.2) is 4.99 Å². The summed E-state index contributed by atoms with van der Waals surface area (Å²) in [4.78, 5) is 4.13. The average molecular weight is 380 g/mol. The quantitative estimate of drug-likeness (QED) is 0.250. The van der Waals surface area contributed by atoms with Crippen molar-refractivity contribution < 1.29 is 26.3 Å². The maximum Gasteiger partial charge on any atom is 0.416 e. The monoisotopic (exact) mass is 380 g/mol. The summed E-state index contributed by atoms with van der Waals surface area (Å²) >= 11 is 0. The molecule has 0 unspecified atom stereocenters. The third-order valence-corrected chi connectivity index (χ3v) is 3.60. The van der Waals surface area contributed by atoms with E-state index in [9.17, 15) is 26.3 Å². The van der Waals surface area contributed by atoms with Crippen molar-refractivity contribution in [2.75, 3.05) is 5.32 Å². The maximum absolute atomic E-state index is 12.9. The molecule has 2 N–H and O–H groups in total. The molecule has 144 valence electrons. The molecule has 0 aliphatic carbocycles. The van der Waals surface area contributed by atoms with Gasteiger partial charge < -0.3 is 5.32 Å². The Morgan fingerprint density at radius 3 is 1.81 bits per heavy atom. The second kappa shape index (κ2) is 7.43. The van der Waals surface area contributed by atoms with Crippen LogP contribution in [0.3, 0.4) is 0 Å². The molecule has 0 fully saturated rings. The molecule has 0 bridgehead atoms. The average Bonchev–Trinajstić information content (AvgIpc) is 2.44. The van der Waals surface area contributed by atoms with E-state index < -0.39 is 29.2 Å². The SMILES string of the molecule is C[C@@H](N=C(NC#N)Nc1cc(C(F)(F)F)cc(C(F)(F)F)c1)C(C)(C)C. The summed E-state index contributed by atoms with van der Waals surface area (Å²) in [6.45, 7) is 7.24. The molecule has 0 radical (unpaired) electrons. The highest BCUT2D eigenvalue weighted by molar-refractivity contribution is 5.94. The van der Waals surface area contributed by atoms with Crippen LogP contribution in [0.15, 0.2) is 23.2 Å². The lowest BCUT2D eigenvalue weighted by molar-refractivity contribution is -0.143. The van der Waals surface area contributed by atoms with E-state index in [4.69, 9.17) is 5.26 Å². The minimum absolute atomic E-state index is 0.0253. The first-order valence-corrected chi connectivity index (χ1v) is 7.44. The van der Waals surface area contributed by atoms with Gasteiger partial charge in [-0.1, -0.05) is 20.8 Å². The highest BCUT2D eigenvalue weighted by Gasteiger charge is 2.37. The van der Waals surface area contributed by atoms with E-state index in [0.717, 1.165) is 0 Å². The number of nitrogens with zero attached hydrogens (tertiary/aromatic N) is 2. The number of hydrogen-bond donors (Lipinski definition) is 2. The Balaban J connectivity index is 3.35. The first kappa shape index (κ1) is 21.6. The third kappa shape index (κ3) is 6.13. The molecule has 0 spiro atoms. The molecule has 0 saturated carbocycles. The van der Waals surface area contributed by atoms with Crippen molar-refractivity contribution >= 4 is 11.6 Å². The van der Waals surface area contributed by atoms with Gasteiger partial charge in [-0.3, -0.25) is 5.32 Å². The van der Waals surface area contributed by atoms with E-state index in [1.165, 1.54) is 0 Å². The Hall–Kier alpha value is -2.44. The van der Waals surface area contributed by atoms with E-state index in [2.05, 4.69) is 15.6 Å². The zero-order valence-electron chi connectivity index (χ0n) is 14.5. The van der Waals surface area contributed by atoms with Crippen LogP contribution >= 0.6 is 0 Å². The summed E-state index contributed by atoms with van der Waals surface area (Å²) in [5.41, 5.74) is -3.76. The molecule has 1 rings (SSSR count). The molecule has 1 aromatic rings. The van der Waals surface area contributed by atoms with E-state index in [0.29, 0.717) is 12.1 Å². The molecule has 1 atom stereocenters. The number of halogens is 6. The third-order valence-electron chi connectivity index (χ3n) is 3.60. The number of aliphatic imine (C=N–C) groups is 1. The van der Waals surface area contributed by atoms with Crippen LogP contribution in [0.5, 0.6) is 0 Å². The number of nitriles is 1. The van der Waals surface area contributed by atoms with Crippen molar-refractivity contribution in [1.29, 1.82) is 5.26 Å². The molecular formula is C16H18F6N4. The van der Waals surface area contributed by atoms with Crippen molar-refractivity contribution in [2.45, 2.75) is 46.1 Å². The number of nitrogens with one attached hydrogen (secondary N) is 2. The van der Waals surface area contributed by atoms with Gasteiger partial charge in [0.1, 0.15) is 0 Å². The fraction of sp³-hybridized carbons (Fsp3) is 0.500. The summed E-state index contributed by atoms with van der Waals surface area (Å²) < 4.78 is 77.4. The Kier molecular flexibility index (Phi) is 6.18. The van der Waals surface area contributed by atoms with Crippen LogP contribution in [0.1, 0.15) is 38.8 Å². The predicted molar refractivity (Wildman–Crippen MR) is 85.2 cm³/mol. The molecule has 0 aliphatic rings. The highest BCUT2D eigenvalue weighted by Crippen LogP contribution is 2.37. The fourth-order valence-corrected chi connectivity index (χ4v) is 1.70. The van der Waals surface area contributed by atoms with Crippen LogP contribution < -0.4 is 10.6 Å². The van der Waals surface area contributed by atoms with Crippen LogP contribution in [0.4, 0.5) is 32.0 Å². The van der Waals surface area contributed by atoms with Crippen LogP contribution in [0.2, 0.25) is 0 Å². The van der Waals surface area contributed by atoms with Crippen LogP contribution in [-0.2, 0) is 12.4 Å². The van der Waals surface area contributed by atoms with Crippen LogP contribution in [0.25, 0.3) is 0 Å². The van der Waals surface area contributed by atoms with Gasteiger partial charge in [0.15, 0.2) is 6.19 Å². The molecule has 0 saturated heterocycles. The Morgan fingerprint density at radius 1 is 1.00 bits per heavy atom. The molecule has 0 heterocycles. The summed E-state index contributed by atoms with van der Waals surface area (Å²) in [5.74, 6) is -0.248. The van der Waals surface area contributed by atoms with Crippen molar-refractivity contribution in [3.8, 4) is 6.19 Å². The predicted octanol–water partition coefficient (Wildman–Crippen LogP) is 5.00. The normalized spacial score (nSPS) is 14.6. The van der Waals surface area contributed by atoms with E-state index in [1.54, 1.807) is 13.1 Å². The molecule has 1 aromatic carbocycles. The summed E-state index contributed by atoms with van der Waals surface area (Å²) in [7, 11) is 0. The summed E-state index contributed by atoms with van der Waals surface area (Å²) in [5, 5.41) is 13.2. The zero-order chi connectivity index (χ0) is 20.3. The van der Waals surface area contributed by atoms with Gasteiger partial charge in [-0.2, -0.15) is 31.6 Å². The lowest BCUT2D eigenvalue weighted by atomic mass is 9.88. The van der Waals surface area contributed by atoms with Crippen molar-refractivity contribution in [2.24, 2.45) is 10.4 Å². The molecule has 10 heteroatoms. The molecule has 4 nitrogen and oxygen atoms in total. The van der Waals surface area contributed by atoms with Gasteiger partial charge in [-0.15, -0.1) is 0 Å². The first-order valence-electron chi connectivity index (χ1n) is 7.44. The maximum atomic E-state index is 12.9. The molecule has 0 aromatic heterocycles. The van der Waals surface area contributed by atoms with Gasteiger partial charge in [0, 0.05) is 5.69 Å². The molecule has 26 heavy (non-hydrogen) atoms. The largest absolute Gasteiger partial charge is 0.416 e. The van der Waals surface area contributed by atoms with Crippen LogP contribution in [0, 0.1) is 16.9 Å². The van der Waals surface area contributed by atoms with Gasteiger partial charge in [-0.05, 0) is 30.5 Å². The second-order valence-corrected chi connectivity index (χ2v) is 6.68. The number of rotatable bonds is 2. The van der Waals surface area contributed by atoms with Crippen LogP contribution in [-0.4, -0.2) is 12.0 Å². The lowest BCUT2D eigenvalue weighted by Gasteiger charge is -2.24. The lowest BCUT2D eigenvalue weighted by Crippen LogP contribution is -2.32. The Bertz CT molecular complexity index is 675. The molecule has 0 aliphatic heterocycles. The highest BCUT2D eigenvalue weighted by atomic mass is 19.4. The van der Waals surface area contributed by atoms with Crippen molar-refractivity contribution in [1.82, 2.24) is 5.32 Å².